The monoisotopic (exact) mass is 290 g/mol. The van der Waals surface area contributed by atoms with E-state index < -0.39 is 26.4 Å². The third-order valence-corrected chi connectivity index (χ3v) is 2.60. The number of anilines is 1. The number of rotatable bonds is 6. The average molecular weight is 290 g/mol. The van der Waals surface area contributed by atoms with Gasteiger partial charge in [-0.15, -0.1) is 0 Å². The smallest absolute Gasteiger partial charge is 0.469 e. The van der Waals surface area contributed by atoms with Gasteiger partial charge in [-0.25, -0.2) is 4.57 Å². The van der Waals surface area contributed by atoms with E-state index in [1.807, 2.05) is 0 Å². The molecule has 0 aromatic heterocycles. The Morgan fingerprint density at radius 3 is 2.47 bits per heavy atom. The topological polar surface area (TPSA) is 131 Å². The molecule has 1 aromatic carbocycles. The van der Waals surface area contributed by atoms with E-state index >= 15 is 0 Å². The second-order valence-corrected chi connectivity index (χ2v) is 4.85. The van der Waals surface area contributed by atoms with Crippen molar-refractivity contribution >= 4 is 19.4 Å². The van der Waals surface area contributed by atoms with Crippen molar-refractivity contribution in [3.8, 4) is 5.75 Å². The van der Waals surface area contributed by atoms with E-state index in [1.54, 1.807) is 24.3 Å². The first-order chi connectivity index (χ1) is 8.81. The molecule has 8 nitrogen and oxygen atoms in total. The van der Waals surface area contributed by atoms with Gasteiger partial charge in [0.1, 0.15) is 11.8 Å². The summed E-state index contributed by atoms with van der Waals surface area (Å²) in [6, 6.07) is 5.32. The van der Waals surface area contributed by atoms with Crippen LogP contribution < -0.4 is 15.8 Å². The number of hydrogen-bond donors (Lipinski definition) is 4. The van der Waals surface area contributed by atoms with Crippen molar-refractivity contribution in [2.75, 3.05) is 19.0 Å². The largest absolute Gasteiger partial charge is 0.497 e. The summed E-state index contributed by atoms with van der Waals surface area (Å²) in [5, 5.41) is 2.48. The number of carbonyl (C=O) groups excluding carboxylic acids is 1. The summed E-state index contributed by atoms with van der Waals surface area (Å²) in [5.74, 6) is 0.0192. The van der Waals surface area contributed by atoms with Crippen LogP contribution in [0.4, 0.5) is 5.69 Å². The van der Waals surface area contributed by atoms with Gasteiger partial charge < -0.3 is 25.6 Å². The quantitative estimate of drug-likeness (QED) is 0.545. The van der Waals surface area contributed by atoms with Crippen LogP contribution >= 0.6 is 7.82 Å². The van der Waals surface area contributed by atoms with Crippen molar-refractivity contribution in [2.24, 2.45) is 5.73 Å². The molecule has 0 aliphatic rings. The molecule has 1 amide bonds. The lowest BCUT2D eigenvalue weighted by atomic mass is 10.2. The second kappa shape index (κ2) is 6.65. The maximum absolute atomic E-state index is 11.6. The number of hydrogen-bond acceptors (Lipinski definition) is 5. The molecule has 1 unspecified atom stereocenters. The van der Waals surface area contributed by atoms with E-state index in [4.69, 9.17) is 20.3 Å². The minimum atomic E-state index is -4.63. The number of benzene rings is 1. The van der Waals surface area contributed by atoms with Gasteiger partial charge in [-0.2, -0.15) is 0 Å². The van der Waals surface area contributed by atoms with E-state index in [2.05, 4.69) is 9.84 Å². The molecule has 9 heteroatoms. The lowest BCUT2D eigenvalue weighted by molar-refractivity contribution is -0.118. The van der Waals surface area contributed by atoms with Crippen molar-refractivity contribution in [1.82, 2.24) is 0 Å². The third kappa shape index (κ3) is 5.82. The molecular weight excluding hydrogens is 275 g/mol. The van der Waals surface area contributed by atoms with Crippen LogP contribution in [0.5, 0.6) is 5.75 Å². The van der Waals surface area contributed by atoms with E-state index in [0.717, 1.165) is 0 Å². The van der Waals surface area contributed by atoms with Gasteiger partial charge in [-0.1, -0.05) is 0 Å². The van der Waals surface area contributed by atoms with Gasteiger partial charge in [0.05, 0.1) is 13.7 Å². The normalized spacial score (nSPS) is 12.8. The zero-order chi connectivity index (χ0) is 14.5. The van der Waals surface area contributed by atoms with Crippen molar-refractivity contribution in [3.05, 3.63) is 24.3 Å². The zero-order valence-electron chi connectivity index (χ0n) is 10.1. The molecule has 0 bridgehead atoms. The summed E-state index contributed by atoms with van der Waals surface area (Å²) >= 11 is 0. The fraction of sp³-hybridized carbons (Fsp3) is 0.300. The van der Waals surface area contributed by atoms with Crippen LogP contribution in [-0.4, -0.2) is 35.5 Å². The molecule has 1 atom stereocenters. The second-order valence-electron chi connectivity index (χ2n) is 3.61. The number of amides is 1. The molecular formula is C10H15N2O6P. The van der Waals surface area contributed by atoms with E-state index in [1.165, 1.54) is 7.11 Å². The summed E-state index contributed by atoms with van der Waals surface area (Å²) in [6.45, 7) is -0.577. The summed E-state index contributed by atoms with van der Waals surface area (Å²) in [6.07, 6.45) is 0. The molecule has 1 rings (SSSR count). The highest BCUT2D eigenvalue weighted by Gasteiger charge is 2.20. The molecule has 0 aliphatic carbocycles. The predicted octanol–water partition coefficient (Wildman–Crippen LogP) is 0.0703. The highest BCUT2D eigenvalue weighted by Crippen LogP contribution is 2.35. The maximum atomic E-state index is 11.6. The van der Waals surface area contributed by atoms with E-state index in [9.17, 15) is 9.36 Å². The molecule has 0 saturated heterocycles. The highest BCUT2D eigenvalue weighted by atomic mass is 31.2. The first-order valence-electron chi connectivity index (χ1n) is 5.22. The zero-order valence-corrected chi connectivity index (χ0v) is 11.0. The highest BCUT2D eigenvalue weighted by molar-refractivity contribution is 7.46. The van der Waals surface area contributed by atoms with Crippen LogP contribution in [0.15, 0.2) is 24.3 Å². The first-order valence-corrected chi connectivity index (χ1v) is 6.75. The lowest BCUT2D eigenvalue weighted by Gasteiger charge is -2.13. The van der Waals surface area contributed by atoms with Crippen LogP contribution in [0.2, 0.25) is 0 Å². The van der Waals surface area contributed by atoms with Crippen LogP contribution in [-0.2, 0) is 13.9 Å². The van der Waals surface area contributed by atoms with Gasteiger partial charge in [0.25, 0.3) is 0 Å². The maximum Gasteiger partial charge on any atom is 0.469 e. The average Bonchev–Trinajstić information content (AvgIpc) is 2.36. The number of nitrogens with two attached hydrogens (primary N) is 1. The number of methoxy groups -OCH3 is 1. The number of phosphoric acid groups is 1. The molecule has 0 aliphatic heterocycles. The number of ether oxygens (including phenoxy) is 1. The molecule has 0 spiro atoms. The van der Waals surface area contributed by atoms with E-state index in [0.29, 0.717) is 11.4 Å². The van der Waals surface area contributed by atoms with Crippen molar-refractivity contribution < 1.29 is 28.4 Å². The summed E-state index contributed by atoms with van der Waals surface area (Å²) < 4.78 is 19.6. The van der Waals surface area contributed by atoms with Gasteiger partial charge in [0.2, 0.25) is 5.91 Å². The molecule has 19 heavy (non-hydrogen) atoms. The van der Waals surface area contributed by atoms with Crippen LogP contribution in [0.3, 0.4) is 0 Å². The fourth-order valence-electron chi connectivity index (χ4n) is 1.16. The first kappa shape index (κ1) is 15.6. The van der Waals surface area contributed by atoms with Gasteiger partial charge >= 0.3 is 7.82 Å². The molecule has 0 radical (unpaired) electrons. The Morgan fingerprint density at radius 2 is 2.00 bits per heavy atom. The standard InChI is InChI=1S/C10H15N2O6P/c1-17-8-4-2-7(3-5-8)12-10(13)9(11)6-18-19(14,15)16/h2-5,9H,6,11H2,1H3,(H,12,13)(H2,14,15,16). The summed E-state index contributed by atoms with van der Waals surface area (Å²) in [7, 11) is -3.11. The van der Waals surface area contributed by atoms with Crippen molar-refractivity contribution in [3.63, 3.8) is 0 Å². The molecule has 5 N–H and O–H groups in total. The van der Waals surface area contributed by atoms with Crippen molar-refractivity contribution in [1.29, 1.82) is 0 Å². The van der Waals surface area contributed by atoms with Gasteiger partial charge in [-0.3, -0.25) is 9.32 Å². The predicted molar refractivity (Wildman–Crippen MR) is 67.6 cm³/mol. The molecule has 0 fully saturated rings. The van der Waals surface area contributed by atoms with Crippen LogP contribution in [0, 0.1) is 0 Å². The number of nitrogens with one attached hydrogen (secondary N) is 1. The lowest BCUT2D eigenvalue weighted by Crippen LogP contribution is -2.39. The van der Waals surface area contributed by atoms with Crippen LogP contribution in [0.25, 0.3) is 0 Å². The Labute approximate surface area is 109 Å². The Morgan fingerprint density at radius 1 is 1.42 bits per heavy atom. The van der Waals surface area contributed by atoms with Gasteiger partial charge in [-0.05, 0) is 24.3 Å². The van der Waals surface area contributed by atoms with Crippen LogP contribution in [0.1, 0.15) is 0 Å². The molecule has 0 heterocycles. The molecule has 1 aromatic rings. The Kier molecular flexibility index (Phi) is 5.46. The van der Waals surface area contributed by atoms with Gasteiger partial charge in [0.15, 0.2) is 0 Å². The Hall–Kier alpha value is -1.44. The fourth-order valence-corrected chi connectivity index (χ4v) is 1.52. The summed E-state index contributed by atoms with van der Waals surface area (Å²) in [4.78, 5) is 28.6. The van der Waals surface area contributed by atoms with Crippen molar-refractivity contribution in [2.45, 2.75) is 6.04 Å². The molecule has 106 valence electrons. The Bertz CT molecular complexity index is 471. The third-order valence-electron chi connectivity index (χ3n) is 2.12. The van der Waals surface area contributed by atoms with E-state index in [-0.39, 0.29) is 0 Å². The number of phosphoric ester groups is 1. The number of carbonyl (C=O) groups is 1. The SMILES string of the molecule is COc1ccc(NC(=O)C(N)COP(=O)(O)O)cc1. The summed E-state index contributed by atoms with van der Waals surface area (Å²) in [5.41, 5.74) is 5.91. The minimum Gasteiger partial charge on any atom is -0.497 e. The minimum absolute atomic E-state index is 0.484. The molecule has 0 saturated carbocycles. The Balaban J connectivity index is 2.51. The van der Waals surface area contributed by atoms with Gasteiger partial charge in [0, 0.05) is 5.69 Å².